The van der Waals surface area contributed by atoms with Gasteiger partial charge in [-0.3, -0.25) is 9.69 Å². The number of ether oxygens (including phenoxy) is 2. The molecular weight excluding hydrogens is 312 g/mol. The van der Waals surface area contributed by atoms with Crippen molar-refractivity contribution in [1.82, 2.24) is 4.90 Å². The highest BCUT2D eigenvalue weighted by molar-refractivity contribution is 5.95. The van der Waals surface area contributed by atoms with Gasteiger partial charge >= 0.3 is 0 Å². The lowest BCUT2D eigenvalue weighted by molar-refractivity contribution is -0.146. The molecule has 128 valence electrons. The van der Waals surface area contributed by atoms with E-state index in [4.69, 9.17) is 18.3 Å². The lowest BCUT2D eigenvalue weighted by atomic mass is 10.0. The summed E-state index contributed by atoms with van der Waals surface area (Å²) in [5.74, 6) is 0.842. The van der Waals surface area contributed by atoms with E-state index in [9.17, 15) is 4.79 Å². The van der Waals surface area contributed by atoms with Crippen LogP contribution in [0.3, 0.4) is 0 Å². The maximum absolute atomic E-state index is 12.2. The molecule has 0 aromatic carbocycles. The van der Waals surface area contributed by atoms with Gasteiger partial charge in [0.05, 0.1) is 44.5 Å². The third kappa shape index (κ3) is 3.10. The van der Waals surface area contributed by atoms with Gasteiger partial charge in [0.15, 0.2) is 0 Å². The number of carbonyl (C=O) groups is 1. The Morgan fingerprint density at radius 3 is 2.96 bits per heavy atom. The fourth-order valence-electron chi connectivity index (χ4n) is 3.29. The van der Waals surface area contributed by atoms with E-state index in [0.717, 1.165) is 18.0 Å². The highest BCUT2D eigenvalue weighted by atomic mass is 16.6. The summed E-state index contributed by atoms with van der Waals surface area (Å²) in [6.45, 7) is 3.75. The zero-order chi connectivity index (χ0) is 16.4. The minimum Gasteiger partial charge on any atom is -0.470 e. The number of anilines is 1. The van der Waals surface area contributed by atoms with Gasteiger partial charge in [0.25, 0.3) is 5.91 Å². The van der Waals surface area contributed by atoms with Gasteiger partial charge in [0, 0.05) is 19.2 Å². The number of nitrogens with zero attached hydrogens (tertiary/aromatic N) is 2. The van der Waals surface area contributed by atoms with E-state index in [0.29, 0.717) is 32.8 Å². The van der Waals surface area contributed by atoms with Gasteiger partial charge in [0.1, 0.15) is 24.2 Å². The third-order valence-electron chi connectivity index (χ3n) is 4.46. The van der Waals surface area contributed by atoms with Crippen LogP contribution in [0.1, 0.15) is 5.76 Å². The van der Waals surface area contributed by atoms with Crippen molar-refractivity contribution in [3.05, 3.63) is 42.7 Å². The van der Waals surface area contributed by atoms with Crippen LogP contribution in [0, 0.1) is 0 Å². The Kier molecular flexibility index (Phi) is 4.13. The first-order valence-corrected chi connectivity index (χ1v) is 8.03. The van der Waals surface area contributed by atoms with Crippen molar-refractivity contribution in [2.75, 3.05) is 44.4 Å². The predicted octanol–water partition coefficient (Wildman–Crippen LogP) is 1.51. The largest absolute Gasteiger partial charge is 0.470 e. The second kappa shape index (κ2) is 6.43. The fraction of sp³-hybridized carbons (Fsp3) is 0.471. The van der Waals surface area contributed by atoms with Crippen LogP contribution >= 0.6 is 0 Å². The summed E-state index contributed by atoms with van der Waals surface area (Å²) in [6, 6.07) is 5.63. The van der Waals surface area contributed by atoms with Crippen molar-refractivity contribution in [2.45, 2.75) is 12.1 Å². The maximum Gasteiger partial charge on any atom is 0.253 e. The van der Waals surface area contributed by atoms with E-state index >= 15 is 0 Å². The molecule has 2 aliphatic heterocycles. The highest BCUT2D eigenvalue weighted by Crippen LogP contribution is 2.28. The monoisotopic (exact) mass is 332 g/mol. The minimum atomic E-state index is -0.547. The Labute approximate surface area is 139 Å². The normalized spacial score (nSPS) is 26.0. The molecule has 0 unspecified atom stereocenters. The molecule has 7 nitrogen and oxygen atoms in total. The number of morpholine rings is 1. The molecule has 1 amide bonds. The van der Waals surface area contributed by atoms with E-state index in [-0.39, 0.29) is 12.5 Å². The Morgan fingerprint density at radius 2 is 2.17 bits per heavy atom. The Hall–Kier alpha value is -2.09. The molecule has 2 aromatic heterocycles. The topological polar surface area (TPSA) is 68.3 Å². The van der Waals surface area contributed by atoms with E-state index < -0.39 is 5.60 Å². The first-order chi connectivity index (χ1) is 11.7. The molecule has 0 radical (unpaired) electrons. The van der Waals surface area contributed by atoms with Gasteiger partial charge in [-0.05, 0) is 12.1 Å². The Bertz CT molecular complexity index is 669. The van der Waals surface area contributed by atoms with Gasteiger partial charge in [-0.15, -0.1) is 0 Å². The van der Waals surface area contributed by atoms with Crippen LogP contribution < -0.4 is 4.90 Å². The summed E-state index contributed by atoms with van der Waals surface area (Å²) in [4.78, 5) is 16.2. The van der Waals surface area contributed by atoms with E-state index in [1.807, 2.05) is 12.1 Å². The molecular formula is C17H20N2O5. The predicted molar refractivity (Wildman–Crippen MR) is 84.5 cm³/mol. The fourth-order valence-corrected chi connectivity index (χ4v) is 3.29. The van der Waals surface area contributed by atoms with Crippen LogP contribution in [0.4, 0.5) is 5.69 Å². The molecule has 1 atom stereocenters. The van der Waals surface area contributed by atoms with Crippen molar-refractivity contribution in [2.24, 2.45) is 0 Å². The maximum atomic E-state index is 12.2. The molecule has 24 heavy (non-hydrogen) atoms. The standard InChI is InChI=1S/C17H20N2O5/c20-16-10-24-17(12-19(16)14-3-6-21-9-14)11-18(4-7-22-13-17)8-15-2-1-5-23-15/h1-3,5-6,9H,4,7-8,10-13H2/t17-/m1/s1. The van der Waals surface area contributed by atoms with Crippen LogP contribution in [0.15, 0.2) is 45.8 Å². The molecule has 0 N–H and O–H groups in total. The van der Waals surface area contributed by atoms with Crippen molar-refractivity contribution in [1.29, 1.82) is 0 Å². The SMILES string of the molecule is O=C1CO[C@@]2(COCCN(Cc3ccco3)C2)CN1c1ccoc1. The molecule has 1 spiro atoms. The number of hydrogen-bond donors (Lipinski definition) is 0. The average molecular weight is 332 g/mol. The Balaban J connectivity index is 1.52. The number of rotatable bonds is 3. The molecule has 2 fully saturated rings. The average Bonchev–Trinajstić information content (AvgIpc) is 3.24. The number of hydrogen-bond acceptors (Lipinski definition) is 6. The van der Waals surface area contributed by atoms with Gasteiger partial charge in [-0.25, -0.2) is 0 Å². The summed E-state index contributed by atoms with van der Waals surface area (Å²) in [5.41, 5.74) is 0.207. The van der Waals surface area contributed by atoms with E-state index in [1.165, 1.54) is 0 Å². The number of amides is 1. The van der Waals surface area contributed by atoms with Gasteiger partial charge in [-0.2, -0.15) is 0 Å². The minimum absolute atomic E-state index is 0.0448. The molecule has 7 heteroatoms. The van der Waals surface area contributed by atoms with Crippen LogP contribution in [-0.2, 0) is 20.8 Å². The number of carbonyl (C=O) groups excluding carboxylic acids is 1. The second-order valence-corrected chi connectivity index (χ2v) is 6.28. The Morgan fingerprint density at radius 1 is 1.21 bits per heavy atom. The molecule has 0 aliphatic carbocycles. The summed E-state index contributed by atoms with van der Waals surface area (Å²) >= 11 is 0. The van der Waals surface area contributed by atoms with E-state index in [1.54, 1.807) is 29.8 Å². The summed E-state index contributed by atoms with van der Waals surface area (Å²) in [7, 11) is 0. The van der Waals surface area contributed by atoms with Crippen LogP contribution in [0.5, 0.6) is 0 Å². The third-order valence-corrected chi connectivity index (χ3v) is 4.46. The summed E-state index contributed by atoms with van der Waals surface area (Å²) in [6.07, 6.45) is 4.82. The van der Waals surface area contributed by atoms with Crippen LogP contribution in [0.25, 0.3) is 0 Å². The van der Waals surface area contributed by atoms with Crippen molar-refractivity contribution >= 4 is 11.6 Å². The molecule has 2 saturated heterocycles. The lowest BCUT2D eigenvalue weighted by Gasteiger charge is -2.42. The smallest absolute Gasteiger partial charge is 0.253 e. The molecule has 2 aliphatic rings. The molecule has 0 saturated carbocycles. The zero-order valence-corrected chi connectivity index (χ0v) is 13.3. The van der Waals surface area contributed by atoms with Gasteiger partial charge in [0.2, 0.25) is 0 Å². The van der Waals surface area contributed by atoms with Gasteiger partial charge in [-0.1, -0.05) is 0 Å². The van der Waals surface area contributed by atoms with Crippen LogP contribution in [0.2, 0.25) is 0 Å². The molecule has 4 heterocycles. The summed E-state index contributed by atoms with van der Waals surface area (Å²) < 4.78 is 22.3. The van der Waals surface area contributed by atoms with Crippen LogP contribution in [-0.4, -0.2) is 55.9 Å². The zero-order valence-electron chi connectivity index (χ0n) is 13.3. The number of furan rings is 2. The van der Waals surface area contributed by atoms with Crippen molar-refractivity contribution < 1.29 is 23.1 Å². The highest BCUT2D eigenvalue weighted by Gasteiger charge is 2.43. The second-order valence-electron chi connectivity index (χ2n) is 6.28. The summed E-state index contributed by atoms with van der Waals surface area (Å²) in [5, 5.41) is 0. The quantitative estimate of drug-likeness (QED) is 0.849. The first kappa shape index (κ1) is 15.4. The van der Waals surface area contributed by atoms with Gasteiger partial charge < -0.3 is 23.2 Å². The van der Waals surface area contributed by atoms with Crippen molar-refractivity contribution in [3.63, 3.8) is 0 Å². The molecule has 2 aromatic rings. The molecule has 0 bridgehead atoms. The van der Waals surface area contributed by atoms with Crippen molar-refractivity contribution in [3.8, 4) is 0 Å². The lowest BCUT2D eigenvalue weighted by Crippen LogP contribution is -2.60. The first-order valence-electron chi connectivity index (χ1n) is 8.03. The van der Waals surface area contributed by atoms with E-state index in [2.05, 4.69) is 4.90 Å². The molecule has 4 rings (SSSR count).